The number of benzene rings is 1. The number of hydrogen-bond acceptors (Lipinski definition) is 2. The molecule has 0 heterocycles. The zero-order valence-electron chi connectivity index (χ0n) is 11.6. The summed E-state index contributed by atoms with van der Waals surface area (Å²) in [5.74, 6) is 0.975. The van der Waals surface area contributed by atoms with Crippen LogP contribution in [0, 0.1) is 12.3 Å². The van der Waals surface area contributed by atoms with Gasteiger partial charge in [0.2, 0.25) is 0 Å². The fourth-order valence-corrected chi connectivity index (χ4v) is 2.06. The molecule has 3 heteroatoms. The largest absolute Gasteiger partial charge is 0.493 e. The van der Waals surface area contributed by atoms with Crippen LogP contribution in [0.25, 0.3) is 0 Å². The van der Waals surface area contributed by atoms with E-state index in [-0.39, 0.29) is 5.41 Å². The van der Waals surface area contributed by atoms with Crippen LogP contribution in [0.4, 0.5) is 0 Å². The summed E-state index contributed by atoms with van der Waals surface area (Å²) in [6.45, 7) is 8.02. The highest BCUT2D eigenvalue weighted by atomic mass is 79.9. The molecule has 18 heavy (non-hydrogen) atoms. The highest BCUT2D eigenvalue weighted by Crippen LogP contribution is 2.24. The number of hydrogen-bond donors (Lipinski definition) is 1. The number of unbranched alkanes of at least 4 members (excludes halogenated alkanes) is 1. The fraction of sp³-hybridized carbons (Fsp3) is 0.600. The third kappa shape index (κ3) is 5.40. The molecule has 0 aliphatic heterocycles. The molecule has 0 atom stereocenters. The Hall–Kier alpha value is -0.540. The van der Waals surface area contributed by atoms with E-state index in [4.69, 9.17) is 10.5 Å². The van der Waals surface area contributed by atoms with Crippen molar-refractivity contribution in [3.8, 4) is 5.75 Å². The van der Waals surface area contributed by atoms with E-state index in [0.29, 0.717) is 0 Å². The summed E-state index contributed by atoms with van der Waals surface area (Å²) in [5.41, 5.74) is 7.15. The van der Waals surface area contributed by atoms with Crippen LogP contribution in [0.5, 0.6) is 5.75 Å². The second-order valence-electron chi connectivity index (χ2n) is 5.58. The van der Waals surface area contributed by atoms with E-state index >= 15 is 0 Å². The van der Waals surface area contributed by atoms with E-state index in [1.807, 2.05) is 12.1 Å². The number of halogens is 1. The van der Waals surface area contributed by atoms with Gasteiger partial charge in [-0.05, 0) is 55.8 Å². The summed E-state index contributed by atoms with van der Waals surface area (Å²) >= 11 is 3.46. The summed E-state index contributed by atoms with van der Waals surface area (Å²) < 4.78 is 6.87. The van der Waals surface area contributed by atoms with Crippen molar-refractivity contribution in [2.24, 2.45) is 11.1 Å². The molecule has 0 aliphatic carbocycles. The van der Waals surface area contributed by atoms with Gasteiger partial charge in [0.1, 0.15) is 5.75 Å². The van der Waals surface area contributed by atoms with Crippen molar-refractivity contribution in [2.75, 3.05) is 13.2 Å². The van der Waals surface area contributed by atoms with Crippen LogP contribution in [0.1, 0.15) is 38.7 Å². The Morgan fingerprint density at radius 2 is 2.00 bits per heavy atom. The number of aryl methyl sites for hydroxylation is 1. The molecule has 0 amide bonds. The van der Waals surface area contributed by atoms with Gasteiger partial charge >= 0.3 is 0 Å². The van der Waals surface area contributed by atoms with Crippen molar-refractivity contribution >= 4 is 15.9 Å². The van der Waals surface area contributed by atoms with Gasteiger partial charge in [-0.1, -0.05) is 35.8 Å². The Bertz CT molecular complexity index is 377. The third-order valence-electron chi connectivity index (χ3n) is 3.21. The fourth-order valence-electron chi connectivity index (χ4n) is 1.72. The molecule has 102 valence electrons. The zero-order valence-corrected chi connectivity index (χ0v) is 13.2. The first-order chi connectivity index (χ1) is 8.44. The highest BCUT2D eigenvalue weighted by Gasteiger charge is 2.14. The lowest BCUT2D eigenvalue weighted by molar-refractivity contribution is 0.277. The Morgan fingerprint density at radius 1 is 1.28 bits per heavy atom. The lowest BCUT2D eigenvalue weighted by Gasteiger charge is -2.21. The molecule has 0 unspecified atom stereocenters. The summed E-state index contributed by atoms with van der Waals surface area (Å²) in [6, 6.07) is 6.13. The van der Waals surface area contributed by atoms with Crippen molar-refractivity contribution in [1.29, 1.82) is 0 Å². The predicted octanol–water partition coefficient (Wildman–Crippen LogP) is 4.29. The van der Waals surface area contributed by atoms with Crippen molar-refractivity contribution < 1.29 is 4.74 Å². The normalized spacial score (nSPS) is 11.6. The molecule has 1 aromatic carbocycles. The molecule has 0 saturated heterocycles. The summed E-state index contributed by atoms with van der Waals surface area (Å²) in [6.07, 6.45) is 3.40. The lowest BCUT2D eigenvalue weighted by Crippen LogP contribution is -2.23. The molecular formula is C15H24BrNO. The Kier molecular flexibility index (Phi) is 6.16. The van der Waals surface area contributed by atoms with Crippen LogP contribution in [0.2, 0.25) is 0 Å². The van der Waals surface area contributed by atoms with Crippen molar-refractivity contribution in [3.63, 3.8) is 0 Å². The molecule has 0 aliphatic rings. The Morgan fingerprint density at radius 3 is 2.67 bits per heavy atom. The van der Waals surface area contributed by atoms with Gasteiger partial charge in [-0.25, -0.2) is 0 Å². The summed E-state index contributed by atoms with van der Waals surface area (Å²) in [7, 11) is 0. The second kappa shape index (κ2) is 7.15. The zero-order chi connectivity index (χ0) is 13.6. The SMILES string of the molecule is Cc1ccc(Br)cc1OCCCCC(C)(C)CN. The van der Waals surface area contributed by atoms with Crippen LogP contribution in [0.3, 0.4) is 0 Å². The van der Waals surface area contributed by atoms with Crippen LogP contribution < -0.4 is 10.5 Å². The summed E-state index contributed by atoms with van der Waals surface area (Å²) in [5, 5.41) is 0. The molecule has 0 fully saturated rings. The van der Waals surface area contributed by atoms with E-state index in [1.165, 1.54) is 5.56 Å². The molecule has 0 bridgehead atoms. The molecule has 2 nitrogen and oxygen atoms in total. The van der Waals surface area contributed by atoms with Gasteiger partial charge in [-0.3, -0.25) is 0 Å². The van der Waals surface area contributed by atoms with Gasteiger partial charge in [-0.2, -0.15) is 0 Å². The predicted molar refractivity (Wildman–Crippen MR) is 81.1 cm³/mol. The summed E-state index contributed by atoms with van der Waals surface area (Å²) in [4.78, 5) is 0. The minimum Gasteiger partial charge on any atom is -0.493 e. The van der Waals surface area contributed by atoms with Crippen molar-refractivity contribution in [1.82, 2.24) is 0 Å². The van der Waals surface area contributed by atoms with Gasteiger partial charge < -0.3 is 10.5 Å². The van der Waals surface area contributed by atoms with E-state index in [0.717, 1.165) is 42.6 Å². The number of rotatable bonds is 7. The van der Waals surface area contributed by atoms with Crippen LogP contribution in [-0.4, -0.2) is 13.2 Å². The van der Waals surface area contributed by atoms with Crippen molar-refractivity contribution in [3.05, 3.63) is 28.2 Å². The first-order valence-corrected chi connectivity index (χ1v) is 7.33. The molecule has 1 aromatic rings. The smallest absolute Gasteiger partial charge is 0.123 e. The molecule has 0 radical (unpaired) electrons. The van der Waals surface area contributed by atoms with Crippen LogP contribution in [0.15, 0.2) is 22.7 Å². The molecular weight excluding hydrogens is 290 g/mol. The maximum absolute atomic E-state index is 5.80. The topological polar surface area (TPSA) is 35.2 Å². The third-order valence-corrected chi connectivity index (χ3v) is 3.70. The van der Waals surface area contributed by atoms with Crippen LogP contribution >= 0.6 is 15.9 Å². The number of ether oxygens (including phenoxy) is 1. The van der Waals surface area contributed by atoms with Gasteiger partial charge in [0, 0.05) is 4.47 Å². The van der Waals surface area contributed by atoms with Crippen molar-refractivity contribution in [2.45, 2.75) is 40.0 Å². The molecule has 1 rings (SSSR count). The lowest BCUT2D eigenvalue weighted by atomic mass is 9.87. The average Bonchev–Trinajstić information content (AvgIpc) is 2.33. The van der Waals surface area contributed by atoms with E-state index < -0.39 is 0 Å². The Labute approximate surface area is 119 Å². The van der Waals surface area contributed by atoms with Gasteiger partial charge in [-0.15, -0.1) is 0 Å². The highest BCUT2D eigenvalue weighted by molar-refractivity contribution is 9.10. The molecule has 0 saturated carbocycles. The van der Waals surface area contributed by atoms with E-state index in [1.54, 1.807) is 0 Å². The molecule has 0 spiro atoms. The first kappa shape index (κ1) is 15.5. The van der Waals surface area contributed by atoms with Gasteiger partial charge in [0.15, 0.2) is 0 Å². The first-order valence-electron chi connectivity index (χ1n) is 6.54. The standard InChI is InChI=1S/C15H24BrNO/c1-12-6-7-13(16)10-14(12)18-9-5-4-8-15(2,3)11-17/h6-7,10H,4-5,8-9,11,17H2,1-3H3. The minimum absolute atomic E-state index is 0.256. The molecule has 2 N–H and O–H groups in total. The Balaban J connectivity index is 2.28. The second-order valence-corrected chi connectivity index (χ2v) is 6.50. The van der Waals surface area contributed by atoms with E-state index in [9.17, 15) is 0 Å². The van der Waals surface area contributed by atoms with Gasteiger partial charge in [0.05, 0.1) is 6.61 Å². The maximum atomic E-state index is 5.80. The molecule has 0 aromatic heterocycles. The monoisotopic (exact) mass is 313 g/mol. The minimum atomic E-state index is 0.256. The maximum Gasteiger partial charge on any atom is 0.123 e. The van der Waals surface area contributed by atoms with Crippen LogP contribution in [-0.2, 0) is 0 Å². The van der Waals surface area contributed by atoms with E-state index in [2.05, 4.69) is 42.8 Å². The number of nitrogens with two attached hydrogens (primary N) is 1. The average molecular weight is 314 g/mol. The quantitative estimate of drug-likeness (QED) is 0.762. The van der Waals surface area contributed by atoms with Gasteiger partial charge in [0.25, 0.3) is 0 Å².